The molecule has 1 aliphatic heterocycles. The minimum absolute atomic E-state index is 0.600. The van der Waals surface area contributed by atoms with Gasteiger partial charge < -0.3 is 4.74 Å². The first kappa shape index (κ1) is 11.8. The van der Waals surface area contributed by atoms with Crippen LogP contribution in [0.5, 0.6) is 0 Å². The normalized spacial score (nSPS) is 44.5. The molecule has 1 heteroatoms. The quantitative estimate of drug-likeness (QED) is 0.622. The minimum Gasteiger partial charge on any atom is -0.377 e. The Labute approximate surface area is 106 Å². The highest BCUT2D eigenvalue weighted by Gasteiger charge is 2.57. The molecule has 4 atom stereocenters. The zero-order chi connectivity index (χ0) is 12.2. The largest absolute Gasteiger partial charge is 0.377 e. The number of hydrogen-bond donors (Lipinski definition) is 0. The fraction of sp³-hybridized carbons (Fsp3) is 0.875. The molecule has 2 bridgehead atoms. The molecular formula is C16H26O. The lowest BCUT2D eigenvalue weighted by Crippen LogP contribution is -2.55. The summed E-state index contributed by atoms with van der Waals surface area (Å²) in [6, 6.07) is 0. The van der Waals surface area contributed by atoms with Gasteiger partial charge in [0.15, 0.2) is 0 Å². The third kappa shape index (κ3) is 1.62. The highest BCUT2D eigenvalue weighted by Crippen LogP contribution is 2.64. The summed E-state index contributed by atoms with van der Waals surface area (Å²) in [5, 5.41) is 0. The molecule has 3 fully saturated rings. The Morgan fingerprint density at radius 2 is 2.00 bits per heavy atom. The summed E-state index contributed by atoms with van der Waals surface area (Å²) in [6.07, 6.45) is 4.13. The van der Waals surface area contributed by atoms with E-state index in [0.717, 1.165) is 36.9 Å². The lowest BCUT2D eigenvalue weighted by Gasteiger charge is -2.63. The SMILES string of the molecule is CC1=C(C2C(C)C[C@@H]3C[C@H]2C3(C)C)CCOC1. The van der Waals surface area contributed by atoms with Crippen LogP contribution in [0, 0.1) is 29.1 Å². The molecule has 1 nitrogen and oxygen atoms in total. The van der Waals surface area contributed by atoms with Crippen molar-refractivity contribution < 1.29 is 4.74 Å². The molecule has 4 aliphatic rings. The van der Waals surface area contributed by atoms with Crippen molar-refractivity contribution >= 4 is 0 Å². The van der Waals surface area contributed by atoms with Crippen LogP contribution in [0.4, 0.5) is 0 Å². The van der Waals surface area contributed by atoms with Crippen LogP contribution < -0.4 is 0 Å². The predicted octanol–water partition coefficient (Wildman–Crippen LogP) is 4.04. The van der Waals surface area contributed by atoms with Gasteiger partial charge in [-0.1, -0.05) is 26.3 Å². The van der Waals surface area contributed by atoms with Crippen LogP contribution in [0.2, 0.25) is 0 Å². The molecule has 0 spiro atoms. The van der Waals surface area contributed by atoms with Crippen LogP contribution in [0.3, 0.4) is 0 Å². The first-order valence-corrected chi connectivity index (χ1v) is 7.28. The van der Waals surface area contributed by atoms with Crippen molar-refractivity contribution in [3.63, 3.8) is 0 Å². The van der Waals surface area contributed by atoms with Crippen LogP contribution in [0.1, 0.15) is 47.0 Å². The number of fused-ring (bicyclic) bond motifs is 2. The Morgan fingerprint density at radius 1 is 1.24 bits per heavy atom. The van der Waals surface area contributed by atoms with Gasteiger partial charge in [0, 0.05) is 0 Å². The summed E-state index contributed by atoms with van der Waals surface area (Å²) < 4.78 is 5.58. The van der Waals surface area contributed by atoms with Crippen molar-refractivity contribution in [2.45, 2.75) is 47.0 Å². The monoisotopic (exact) mass is 234 g/mol. The third-order valence-corrected chi connectivity index (χ3v) is 6.03. The van der Waals surface area contributed by atoms with Crippen LogP contribution in [-0.2, 0) is 4.74 Å². The molecule has 2 unspecified atom stereocenters. The van der Waals surface area contributed by atoms with Gasteiger partial charge in [-0.15, -0.1) is 0 Å². The predicted molar refractivity (Wildman–Crippen MR) is 70.8 cm³/mol. The molecule has 3 saturated carbocycles. The summed E-state index contributed by atoms with van der Waals surface area (Å²) in [4.78, 5) is 0. The molecule has 4 rings (SSSR count). The van der Waals surface area contributed by atoms with Gasteiger partial charge in [-0.3, -0.25) is 0 Å². The van der Waals surface area contributed by atoms with E-state index in [2.05, 4.69) is 27.7 Å². The van der Waals surface area contributed by atoms with Gasteiger partial charge >= 0.3 is 0 Å². The van der Waals surface area contributed by atoms with E-state index in [0.29, 0.717) is 5.41 Å². The maximum atomic E-state index is 5.58. The Balaban J connectivity index is 1.91. The lowest BCUT2D eigenvalue weighted by atomic mass is 9.42. The molecule has 1 heterocycles. The van der Waals surface area contributed by atoms with Gasteiger partial charge in [0.2, 0.25) is 0 Å². The topological polar surface area (TPSA) is 9.23 Å². The van der Waals surface area contributed by atoms with Crippen LogP contribution >= 0.6 is 0 Å². The van der Waals surface area contributed by atoms with E-state index in [9.17, 15) is 0 Å². The first-order chi connectivity index (χ1) is 8.01. The second kappa shape index (κ2) is 3.85. The van der Waals surface area contributed by atoms with Crippen molar-refractivity contribution in [2.75, 3.05) is 13.2 Å². The van der Waals surface area contributed by atoms with E-state index >= 15 is 0 Å². The molecule has 17 heavy (non-hydrogen) atoms. The number of hydrogen-bond acceptors (Lipinski definition) is 1. The van der Waals surface area contributed by atoms with E-state index in [-0.39, 0.29) is 0 Å². The lowest BCUT2D eigenvalue weighted by molar-refractivity contribution is -0.120. The summed E-state index contributed by atoms with van der Waals surface area (Å²) in [5.74, 6) is 3.70. The maximum absolute atomic E-state index is 5.58. The highest BCUT2D eigenvalue weighted by atomic mass is 16.5. The van der Waals surface area contributed by atoms with Gasteiger partial charge in [0.1, 0.15) is 0 Å². The third-order valence-electron chi connectivity index (χ3n) is 6.03. The molecule has 0 N–H and O–H groups in total. The highest BCUT2D eigenvalue weighted by molar-refractivity contribution is 5.24. The summed E-state index contributed by atoms with van der Waals surface area (Å²) in [7, 11) is 0. The first-order valence-electron chi connectivity index (χ1n) is 7.28. The molecule has 3 aliphatic carbocycles. The van der Waals surface area contributed by atoms with Crippen LogP contribution in [0.25, 0.3) is 0 Å². The zero-order valence-corrected chi connectivity index (χ0v) is 11.8. The smallest absolute Gasteiger partial charge is 0.0676 e. The van der Waals surface area contributed by atoms with Gasteiger partial charge in [0.05, 0.1) is 13.2 Å². The molecule has 0 aromatic rings. The van der Waals surface area contributed by atoms with Gasteiger partial charge in [-0.05, 0) is 60.8 Å². The van der Waals surface area contributed by atoms with Gasteiger partial charge in [-0.25, -0.2) is 0 Å². The Kier molecular flexibility index (Phi) is 2.66. The fourth-order valence-electron chi connectivity index (χ4n) is 4.81. The zero-order valence-electron chi connectivity index (χ0n) is 11.8. The van der Waals surface area contributed by atoms with Gasteiger partial charge in [-0.2, -0.15) is 0 Å². The molecule has 0 aromatic carbocycles. The second-order valence-corrected chi connectivity index (χ2v) is 7.21. The molecular weight excluding hydrogens is 208 g/mol. The van der Waals surface area contributed by atoms with Crippen molar-refractivity contribution in [1.82, 2.24) is 0 Å². The Morgan fingerprint density at radius 3 is 2.65 bits per heavy atom. The summed E-state index contributed by atoms with van der Waals surface area (Å²) in [5.41, 5.74) is 3.90. The minimum atomic E-state index is 0.600. The maximum Gasteiger partial charge on any atom is 0.0676 e. The van der Waals surface area contributed by atoms with Crippen LogP contribution in [-0.4, -0.2) is 13.2 Å². The van der Waals surface area contributed by atoms with E-state index < -0.39 is 0 Å². The Bertz CT molecular complexity index is 353. The van der Waals surface area contributed by atoms with E-state index in [1.807, 2.05) is 0 Å². The number of rotatable bonds is 1. The second-order valence-electron chi connectivity index (χ2n) is 7.21. The van der Waals surface area contributed by atoms with Gasteiger partial charge in [0.25, 0.3) is 0 Å². The fourth-order valence-corrected chi connectivity index (χ4v) is 4.81. The van der Waals surface area contributed by atoms with E-state index in [1.165, 1.54) is 24.8 Å². The molecule has 0 amide bonds. The van der Waals surface area contributed by atoms with Crippen molar-refractivity contribution in [2.24, 2.45) is 29.1 Å². The molecule has 0 saturated heterocycles. The van der Waals surface area contributed by atoms with E-state index in [4.69, 9.17) is 4.74 Å². The van der Waals surface area contributed by atoms with Crippen molar-refractivity contribution in [1.29, 1.82) is 0 Å². The average molecular weight is 234 g/mol. The number of ether oxygens (including phenoxy) is 1. The molecule has 0 radical (unpaired) electrons. The van der Waals surface area contributed by atoms with Crippen molar-refractivity contribution in [3.05, 3.63) is 11.1 Å². The van der Waals surface area contributed by atoms with Crippen LogP contribution in [0.15, 0.2) is 11.1 Å². The average Bonchev–Trinajstić information content (AvgIpc) is 2.30. The molecule has 96 valence electrons. The molecule has 0 aromatic heterocycles. The van der Waals surface area contributed by atoms with Crippen molar-refractivity contribution in [3.8, 4) is 0 Å². The standard InChI is InChI=1S/C16H26O/c1-10-7-12-8-14(16(12,3)4)15(10)13-5-6-17-9-11(13)2/h10,12,14-15H,5-9H2,1-4H3/t10?,12-,14-,15?/m1/s1. The Hall–Kier alpha value is -0.300. The summed E-state index contributed by atoms with van der Waals surface area (Å²) >= 11 is 0. The summed E-state index contributed by atoms with van der Waals surface area (Å²) in [6.45, 7) is 11.6. The van der Waals surface area contributed by atoms with E-state index in [1.54, 1.807) is 5.57 Å².